The molecule has 0 aliphatic carbocycles. The van der Waals surface area contributed by atoms with Crippen molar-refractivity contribution in [2.45, 2.75) is 45.6 Å². The van der Waals surface area contributed by atoms with Gasteiger partial charge in [-0.05, 0) is 34.6 Å². The van der Waals surface area contributed by atoms with E-state index in [4.69, 9.17) is 9.47 Å². The topological polar surface area (TPSA) is 68.7 Å². The largest absolute Gasteiger partial charge is 0.461 e. The summed E-state index contributed by atoms with van der Waals surface area (Å²) in [5, 5.41) is 2.55. The molecule has 1 saturated heterocycles. The summed E-state index contributed by atoms with van der Waals surface area (Å²) < 4.78 is 10.3. The zero-order valence-electron chi connectivity index (χ0n) is 13.6. The predicted octanol–water partition coefficient (Wildman–Crippen LogP) is 2.83. The first kappa shape index (κ1) is 16.7. The number of carbonyl (C=O) groups is 2. The van der Waals surface area contributed by atoms with E-state index in [1.807, 2.05) is 27.7 Å². The van der Waals surface area contributed by atoms with Gasteiger partial charge in [0.1, 0.15) is 10.6 Å². The number of nitrogens with zero attached hydrogens (tertiary/aromatic N) is 2. The fourth-order valence-corrected chi connectivity index (χ4v) is 3.17. The average molecular weight is 326 g/mol. The van der Waals surface area contributed by atoms with Crippen LogP contribution in [0, 0.1) is 0 Å². The highest BCUT2D eigenvalue weighted by Crippen LogP contribution is 2.36. The molecule has 0 aromatic carbocycles. The number of hydrogen-bond acceptors (Lipinski definition) is 6. The highest BCUT2D eigenvalue weighted by Gasteiger charge is 2.46. The van der Waals surface area contributed by atoms with Crippen molar-refractivity contribution in [1.82, 2.24) is 9.88 Å². The molecule has 0 bridgehead atoms. The third-order valence-electron chi connectivity index (χ3n) is 3.24. The van der Waals surface area contributed by atoms with Crippen LogP contribution in [0.3, 0.4) is 0 Å². The summed E-state index contributed by atoms with van der Waals surface area (Å²) in [6, 6.07) is 0. The number of esters is 1. The number of amides is 1. The van der Waals surface area contributed by atoms with Gasteiger partial charge in [0.2, 0.25) is 0 Å². The van der Waals surface area contributed by atoms with E-state index in [0.29, 0.717) is 25.4 Å². The molecule has 22 heavy (non-hydrogen) atoms. The number of ether oxygens (including phenoxy) is 2. The Morgan fingerprint density at radius 1 is 1.41 bits per heavy atom. The fraction of sp³-hybridized carbons (Fsp3) is 0.667. The Kier molecular flexibility index (Phi) is 4.47. The van der Waals surface area contributed by atoms with Crippen molar-refractivity contribution >= 4 is 23.4 Å². The maximum Gasteiger partial charge on any atom is 0.410 e. The molecule has 0 saturated carbocycles. The smallest absolute Gasteiger partial charge is 0.410 e. The molecule has 2 heterocycles. The minimum Gasteiger partial charge on any atom is -0.461 e. The summed E-state index contributed by atoms with van der Waals surface area (Å²) in [5.41, 5.74) is -0.396. The summed E-state index contributed by atoms with van der Waals surface area (Å²) in [4.78, 5) is 29.6. The van der Waals surface area contributed by atoms with Gasteiger partial charge in [0.25, 0.3) is 0 Å². The molecular formula is C15H22N2O4S. The Hall–Kier alpha value is -1.63. The van der Waals surface area contributed by atoms with Gasteiger partial charge < -0.3 is 14.4 Å². The van der Waals surface area contributed by atoms with Crippen molar-refractivity contribution in [3.8, 4) is 0 Å². The van der Waals surface area contributed by atoms with E-state index < -0.39 is 11.6 Å². The highest BCUT2D eigenvalue weighted by atomic mass is 32.1. The van der Waals surface area contributed by atoms with Crippen LogP contribution >= 0.6 is 11.3 Å². The zero-order chi connectivity index (χ0) is 16.5. The number of hydrogen-bond donors (Lipinski definition) is 0. The van der Waals surface area contributed by atoms with Gasteiger partial charge in [-0.2, -0.15) is 0 Å². The molecule has 7 heteroatoms. The second-order valence-electron chi connectivity index (χ2n) is 6.66. The van der Waals surface area contributed by atoms with Crippen LogP contribution in [0.15, 0.2) is 5.38 Å². The summed E-state index contributed by atoms with van der Waals surface area (Å²) >= 11 is 1.42. The van der Waals surface area contributed by atoms with Gasteiger partial charge in [-0.1, -0.05) is 0 Å². The second-order valence-corrected chi connectivity index (χ2v) is 7.51. The quantitative estimate of drug-likeness (QED) is 0.799. The maximum absolute atomic E-state index is 12.0. The fourth-order valence-electron chi connectivity index (χ4n) is 2.24. The minimum atomic E-state index is -0.499. The standard InChI is InChI=1S/C15H22N2O4S/c1-6-20-11(18)10-7-22-12(16-10)15(5)8-17(9-15)13(19)21-14(2,3)4/h7H,6,8-9H2,1-5H3. The molecule has 1 fully saturated rings. The molecule has 0 unspecified atom stereocenters. The second kappa shape index (κ2) is 5.87. The van der Waals surface area contributed by atoms with Gasteiger partial charge in [-0.25, -0.2) is 14.6 Å². The van der Waals surface area contributed by atoms with Crippen LogP contribution in [0.2, 0.25) is 0 Å². The van der Waals surface area contributed by atoms with Gasteiger partial charge >= 0.3 is 12.1 Å². The number of aromatic nitrogens is 1. The molecule has 0 spiro atoms. The first-order chi connectivity index (χ1) is 10.1. The number of carbonyl (C=O) groups excluding carboxylic acids is 2. The van der Waals surface area contributed by atoms with Crippen LogP contribution in [0.1, 0.15) is 50.1 Å². The van der Waals surface area contributed by atoms with Crippen molar-refractivity contribution in [2.75, 3.05) is 19.7 Å². The van der Waals surface area contributed by atoms with Gasteiger partial charge in [-0.15, -0.1) is 11.3 Å². The Bertz CT molecular complexity index is 570. The molecule has 1 aliphatic heterocycles. The molecule has 2 rings (SSSR count). The molecule has 1 aromatic heterocycles. The molecule has 0 atom stereocenters. The van der Waals surface area contributed by atoms with E-state index in [2.05, 4.69) is 4.98 Å². The first-order valence-electron chi connectivity index (χ1n) is 7.26. The SMILES string of the molecule is CCOC(=O)c1csc(C2(C)CN(C(=O)OC(C)(C)C)C2)n1. The summed E-state index contributed by atoms with van der Waals surface area (Å²) in [5.74, 6) is -0.406. The molecular weight excluding hydrogens is 304 g/mol. The lowest BCUT2D eigenvalue weighted by atomic mass is 9.83. The Balaban J connectivity index is 1.98. The average Bonchev–Trinajstić information content (AvgIpc) is 2.83. The molecule has 6 nitrogen and oxygen atoms in total. The van der Waals surface area contributed by atoms with Gasteiger partial charge in [-0.3, -0.25) is 0 Å². The number of likely N-dealkylation sites (tertiary alicyclic amines) is 1. The number of thiazole rings is 1. The van der Waals surface area contributed by atoms with Crippen LogP contribution in [0.25, 0.3) is 0 Å². The molecule has 122 valence electrons. The van der Waals surface area contributed by atoms with Gasteiger partial charge in [0.05, 0.1) is 12.0 Å². The number of rotatable bonds is 3. The van der Waals surface area contributed by atoms with E-state index in [1.165, 1.54) is 11.3 Å². The Morgan fingerprint density at radius 2 is 2.05 bits per heavy atom. The summed E-state index contributed by atoms with van der Waals surface area (Å²) in [6.07, 6.45) is -0.313. The molecule has 0 radical (unpaired) electrons. The minimum absolute atomic E-state index is 0.230. The third kappa shape index (κ3) is 3.58. The monoisotopic (exact) mass is 326 g/mol. The van der Waals surface area contributed by atoms with Crippen molar-refractivity contribution < 1.29 is 19.1 Å². The van der Waals surface area contributed by atoms with Crippen molar-refractivity contribution in [3.05, 3.63) is 16.1 Å². The normalized spacial score (nSPS) is 16.9. The van der Waals surface area contributed by atoms with Crippen molar-refractivity contribution in [1.29, 1.82) is 0 Å². The summed E-state index contributed by atoms with van der Waals surface area (Å²) in [7, 11) is 0. The van der Waals surface area contributed by atoms with Gasteiger partial charge in [0.15, 0.2) is 5.69 Å². The summed E-state index contributed by atoms with van der Waals surface area (Å²) in [6.45, 7) is 10.7. The maximum atomic E-state index is 12.0. The molecule has 1 aromatic rings. The zero-order valence-corrected chi connectivity index (χ0v) is 14.5. The van der Waals surface area contributed by atoms with E-state index in [1.54, 1.807) is 17.2 Å². The third-order valence-corrected chi connectivity index (χ3v) is 4.38. The highest BCUT2D eigenvalue weighted by molar-refractivity contribution is 7.10. The van der Waals surface area contributed by atoms with Crippen LogP contribution < -0.4 is 0 Å². The lowest BCUT2D eigenvalue weighted by Crippen LogP contribution is -2.60. The van der Waals surface area contributed by atoms with Crippen molar-refractivity contribution in [3.63, 3.8) is 0 Å². The first-order valence-corrected chi connectivity index (χ1v) is 8.13. The van der Waals surface area contributed by atoms with Crippen molar-refractivity contribution in [2.24, 2.45) is 0 Å². The van der Waals surface area contributed by atoms with E-state index in [0.717, 1.165) is 5.01 Å². The van der Waals surface area contributed by atoms with Crippen LogP contribution in [-0.4, -0.2) is 47.2 Å². The predicted molar refractivity (Wildman–Crippen MR) is 83.2 cm³/mol. The van der Waals surface area contributed by atoms with Crippen LogP contribution in [-0.2, 0) is 14.9 Å². The van der Waals surface area contributed by atoms with Gasteiger partial charge in [0, 0.05) is 18.5 Å². The molecule has 1 amide bonds. The van der Waals surface area contributed by atoms with E-state index >= 15 is 0 Å². The van der Waals surface area contributed by atoms with E-state index in [9.17, 15) is 9.59 Å². The van der Waals surface area contributed by atoms with E-state index in [-0.39, 0.29) is 11.5 Å². The molecule has 1 aliphatic rings. The van der Waals surface area contributed by atoms with Crippen LogP contribution in [0.4, 0.5) is 4.79 Å². The Labute approximate surface area is 134 Å². The lowest BCUT2D eigenvalue weighted by Gasteiger charge is -2.46. The van der Waals surface area contributed by atoms with Crippen LogP contribution in [0.5, 0.6) is 0 Å². The Morgan fingerprint density at radius 3 is 2.59 bits per heavy atom. The molecule has 0 N–H and O–H groups in total. The lowest BCUT2D eigenvalue weighted by molar-refractivity contribution is -0.00662.